The van der Waals surface area contributed by atoms with Gasteiger partial charge in [-0.05, 0) is 30.7 Å². The molecule has 1 aliphatic carbocycles. The predicted molar refractivity (Wildman–Crippen MR) is 80.2 cm³/mol. The van der Waals surface area contributed by atoms with Gasteiger partial charge in [0.2, 0.25) is 5.91 Å². The molecule has 1 saturated carbocycles. The Kier molecular flexibility index (Phi) is 5.40. The highest BCUT2D eigenvalue weighted by Crippen LogP contribution is 2.34. The first-order valence-electron chi connectivity index (χ1n) is 7.28. The van der Waals surface area contributed by atoms with Crippen molar-refractivity contribution >= 4 is 17.2 Å². The highest BCUT2D eigenvalue weighted by atomic mass is 32.1. The van der Waals surface area contributed by atoms with Crippen molar-refractivity contribution in [3.05, 3.63) is 22.4 Å². The smallest absolute Gasteiger partial charge is 0.227 e. The van der Waals surface area contributed by atoms with Crippen LogP contribution in [0.4, 0.5) is 0 Å². The molecule has 1 aromatic heterocycles. The number of nitrogens with one attached hydrogen (secondary N) is 1. The second-order valence-corrected chi connectivity index (χ2v) is 6.52. The van der Waals surface area contributed by atoms with Crippen molar-refractivity contribution in [3.8, 4) is 0 Å². The van der Waals surface area contributed by atoms with Crippen LogP contribution in [0.5, 0.6) is 0 Å². The summed E-state index contributed by atoms with van der Waals surface area (Å²) in [4.78, 5) is 13.8. The third-order valence-electron chi connectivity index (χ3n) is 4.17. The molecule has 1 aliphatic rings. The second kappa shape index (κ2) is 7.06. The summed E-state index contributed by atoms with van der Waals surface area (Å²) in [6.45, 7) is 1.21. The third kappa shape index (κ3) is 3.80. The van der Waals surface area contributed by atoms with Crippen LogP contribution in [0, 0.1) is 5.41 Å². The van der Waals surface area contributed by atoms with E-state index in [0.717, 1.165) is 38.6 Å². The fourth-order valence-electron chi connectivity index (χ4n) is 2.87. The van der Waals surface area contributed by atoms with Crippen LogP contribution >= 0.6 is 11.3 Å². The van der Waals surface area contributed by atoms with Crippen molar-refractivity contribution in [1.82, 2.24) is 5.32 Å². The molecule has 19 heavy (non-hydrogen) atoms. The molecule has 3 N–H and O–H groups in total. The largest absolute Gasteiger partial charge is 0.355 e. The second-order valence-electron chi connectivity index (χ2n) is 5.48. The Balaban J connectivity index is 1.85. The van der Waals surface area contributed by atoms with Gasteiger partial charge < -0.3 is 11.1 Å². The Labute approximate surface area is 119 Å². The van der Waals surface area contributed by atoms with E-state index in [1.54, 1.807) is 11.3 Å². The van der Waals surface area contributed by atoms with Crippen LogP contribution in [0.3, 0.4) is 0 Å². The quantitative estimate of drug-likeness (QED) is 0.815. The first kappa shape index (κ1) is 14.5. The topological polar surface area (TPSA) is 55.1 Å². The summed E-state index contributed by atoms with van der Waals surface area (Å²) < 4.78 is 0. The van der Waals surface area contributed by atoms with E-state index in [9.17, 15) is 4.79 Å². The molecule has 3 nitrogen and oxygen atoms in total. The molecule has 4 heteroatoms. The van der Waals surface area contributed by atoms with Crippen LogP contribution in [0.15, 0.2) is 17.5 Å². The molecule has 0 bridgehead atoms. The van der Waals surface area contributed by atoms with Crippen molar-refractivity contribution in [2.24, 2.45) is 11.1 Å². The molecule has 0 unspecified atom stereocenters. The van der Waals surface area contributed by atoms with E-state index in [2.05, 4.69) is 22.8 Å². The van der Waals surface area contributed by atoms with Gasteiger partial charge in [-0.3, -0.25) is 4.79 Å². The molecular formula is C15H24N2OS. The first-order valence-corrected chi connectivity index (χ1v) is 8.15. The molecule has 1 fully saturated rings. The lowest BCUT2D eigenvalue weighted by atomic mass is 9.79. The lowest BCUT2D eigenvalue weighted by Crippen LogP contribution is -2.46. The number of hydrogen-bond acceptors (Lipinski definition) is 3. The third-order valence-corrected chi connectivity index (χ3v) is 5.11. The van der Waals surface area contributed by atoms with E-state index in [1.807, 2.05) is 0 Å². The van der Waals surface area contributed by atoms with Gasteiger partial charge >= 0.3 is 0 Å². The summed E-state index contributed by atoms with van der Waals surface area (Å²) in [6, 6.07) is 4.16. The predicted octanol–water partition coefficient (Wildman–Crippen LogP) is 2.71. The number of rotatable bonds is 5. The van der Waals surface area contributed by atoms with E-state index < -0.39 is 0 Å². The van der Waals surface area contributed by atoms with E-state index in [1.165, 1.54) is 17.7 Å². The molecule has 2 rings (SSSR count). The zero-order valence-corrected chi connectivity index (χ0v) is 12.3. The summed E-state index contributed by atoms with van der Waals surface area (Å²) >= 11 is 1.74. The monoisotopic (exact) mass is 280 g/mol. The van der Waals surface area contributed by atoms with Gasteiger partial charge in [0.25, 0.3) is 0 Å². The molecule has 106 valence electrons. The van der Waals surface area contributed by atoms with Crippen LogP contribution in [0.1, 0.15) is 43.4 Å². The Morgan fingerprint density at radius 1 is 1.32 bits per heavy atom. The van der Waals surface area contributed by atoms with Crippen LogP contribution in [0.2, 0.25) is 0 Å². The molecule has 0 saturated heterocycles. The normalized spacial score (nSPS) is 18.8. The van der Waals surface area contributed by atoms with Gasteiger partial charge in [-0.2, -0.15) is 0 Å². The average molecular weight is 280 g/mol. The number of carbonyl (C=O) groups is 1. The first-order chi connectivity index (χ1) is 9.27. The van der Waals surface area contributed by atoms with E-state index in [-0.39, 0.29) is 11.3 Å². The van der Waals surface area contributed by atoms with Crippen LogP contribution < -0.4 is 11.1 Å². The fourth-order valence-corrected chi connectivity index (χ4v) is 3.58. The minimum Gasteiger partial charge on any atom is -0.355 e. The lowest BCUT2D eigenvalue weighted by Gasteiger charge is -2.29. The van der Waals surface area contributed by atoms with Crippen LogP contribution in [-0.2, 0) is 11.2 Å². The van der Waals surface area contributed by atoms with Gasteiger partial charge in [-0.15, -0.1) is 11.3 Å². The summed E-state index contributed by atoms with van der Waals surface area (Å²) in [6.07, 6.45) is 7.58. The van der Waals surface area contributed by atoms with Crippen molar-refractivity contribution in [3.63, 3.8) is 0 Å². The maximum atomic E-state index is 12.4. The molecule has 0 spiro atoms. The number of amides is 1. The number of hydrogen-bond donors (Lipinski definition) is 2. The van der Waals surface area contributed by atoms with Crippen LogP contribution in [0.25, 0.3) is 0 Å². The maximum Gasteiger partial charge on any atom is 0.227 e. The van der Waals surface area contributed by atoms with Crippen molar-refractivity contribution < 1.29 is 4.79 Å². The van der Waals surface area contributed by atoms with Crippen molar-refractivity contribution in [1.29, 1.82) is 0 Å². The molecule has 1 heterocycles. The highest BCUT2D eigenvalue weighted by molar-refractivity contribution is 7.09. The summed E-state index contributed by atoms with van der Waals surface area (Å²) in [5, 5.41) is 5.17. The minimum atomic E-state index is -0.300. The zero-order valence-electron chi connectivity index (χ0n) is 11.5. The van der Waals surface area contributed by atoms with Gasteiger partial charge in [-0.1, -0.05) is 31.7 Å². The fraction of sp³-hybridized carbons (Fsp3) is 0.667. The molecule has 0 aromatic carbocycles. The number of nitrogens with two attached hydrogens (primary N) is 1. The Morgan fingerprint density at radius 2 is 2.05 bits per heavy atom. The molecular weight excluding hydrogens is 256 g/mol. The molecule has 0 aliphatic heterocycles. The average Bonchev–Trinajstić information content (AvgIpc) is 2.82. The Morgan fingerprint density at radius 3 is 2.63 bits per heavy atom. The molecule has 1 aromatic rings. The number of carbonyl (C=O) groups excluding carboxylic acids is 1. The Bertz CT molecular complexity index is 381. The summed E-state index contributed by atoms with van der Waals surface area (Å²) in [5.74, 6) is 0.174. The van der Waals surface area contributed by atoms with E-state index >= 15 is 0 Å². The highest BCUT2D eigenvalue weighted by Gasteiger charge is 2.36. The summed E-state index contributed by atoms with van der Waals surface area (Å²) in [5.41, 5.74) is 5.62. The Hall–Kier alpha value is -0.870. The lowest BCUT2D eigenvalue weighted by molar-refractivity contribution is -0.131. The van der Waals surface area contributed by atoms with Crippen LogP contribution in [-0.4, -0.2) is 19.0 Å². The standard InChI is InChI=1S/C15H24N2OS/c16-12-15(8-3-1-2-4-9-15)14(18)17-10-7-13-6-5-11-19-13/h5-6,11H,1-4,7-10,12,16H2,(H,17,18). The maximum absolute atomic E-state index is 12.4. The van der Waals surface area contributed by atoms with E-state index in [0.29, 0.717) is 6.54 Å². The summed E-state index contributed by atoms with van der Waals surface area (Å²) in [7, 11) is 0. The SMILES string of the molecule is NCC1(C(=O)NCCc2cccs2)CCCCCC1. The molecule has 0 radical (unpaired) electrons. The minimum absolute atomic E-state index is 0.174. The zero-order chi connectivity index (χ0) is 13.6. The van der Waals surface area contributed by atoms with Gasteiger partial charge in [0.15, 0.2) is 0 Å². The molecule has 0 atom stereocenters. The van der Waals surface area contributed by atoms with Gasteiger partial charge in [0.05, 0.1) is 5.41 Å². The number of thiophene rings is 1. The van der Waals surface area contributed by atoms with Gasteiger partial charge in [0, 0.05) is 18.0 Å². The van der Waals surface area contributed by atoms with Crippen molar-refractivity contribution in [2.45, 2.75) is 44.9 Å². The van der Waals surface area contributed by atoms with E-state index in [4.69, 9.17) is 5.73 Å². The van der Waals surface area contributed by atoms with Gasteiger partial charge in [0.1, 0.15) is 0 Å². The van der Waals surface area contributed by atoms with Crippen molar-refractivity contribution in [2.75, 3.05) is 13.1 Å². The van der Waals surface area contributed by atoms with Gasteiger partial charge in [-0.25, -0.2) is 0 Å². The molecule has 1 amide bonds.